The lowest BCUT2D eigenvalue weighted by molar-refractivity contribution is 0.349. The largest absolute Gasteiger partial charge is 0.506 e. The van der Waals surface area contributed by atoms with E-state index in [1.807, 2.05) is 37.2 Å². The molecule has 0 bridgehead atoms. The molecule has 8 heteroatoms. The van der Waals surface area contributed by atoms with E-state index >= 15 is 0 Å². The van der Waals surface area contributed by atoms with Crippen molar-refractivity contribution in [2.75, 3.05) is 24.3 Å². The zero-order valence-electron chi connectivity index (χ0n) is 17.7. The molecule has 1 aliphatic carbocycles. The van der Waals surface area contributed by atoms with Gasteiger partial charge in [0.15, 0.2) is 0 Å². The molecule has 0 aliphatic heterocycles. The molecule has 0 atom stereocenters. The Balaban J connectivity index is 0.00000289. The maximum absolute atomic E-state index is 10.2. The van der Waals surface area contributed by atoms with Gasteiger partial charge in [-0.25, -0.2) is 4.98 Å². The molecular formula is C24H31BrClN5O. The van der Waals surface area contributed by atoms with Crippen molar-refractivity contribution in [3.8, 4) is 5.75 Å². The third kappa shape index (κ3) is 5.63. The standard InChI is InChI=1S/C23H27BrClN5O.CH4/c1-30(2)22-18-5-3-4-6-20(18)28-23(29-22)27-17-9-7-16(8-10-17)26-13-14-11-15(25)12-19(24)21(14)31;/h3-6,11-12,16-17,26,31H,7-10,13H2,1-2H3,(H,27,28,29);1H4. The molecule has 0 radical (unpaired) electrons. The minimum absolute atomic E-state index is 0. The number of phenolic OH excluding ortho intramolecular Hbond substituents is 1. The Kier molecular flexibility index (Phi) is 8.20. The molecule has 0 amide bonds. The fourth-order valence-corrected chi connectivity index (χ4v) is 4.97. The second-order valence-corrected chi connectivity index (χ2v) is 9.54. The van der Waals surface area contributed by atoms with E-state index < -0.39 is 0 Å². The van der Waals surface area contributed by atoms with Crippen LogP contribution in [0.25, 0.3) is 10.9 Å². The van der Waals surface area contributed by atoms with Crippen LogP contribution in [0.5, 0.6) is 5.75 Å². The van der Waals surface area contributed by atoms with Crippen molar-refractivity contribution < 1.29 is 5.11 Å². The van der Waals surface area contributed by atoms with Crippen LogP contribution in [0.4, 0.5) is 11.8 Å². The van der Waals surface area contributed by atoms with Crippen molar-refractivity contribution in [2.45, 2.75) is 51.7 Å². The lowest BCUT2D eigenvalue weighted by Crippen LogP contribution is -2.37. The zero-order chi connectivity index (χ0) is 22.0. The molecule has 6 nitrogen and oxygen atoms in total. The number of phenols is 1. The molecule has 172 valence electrons. The minimum Gasteiger partial charge on any atom is -0.506 e. The predicted molar refractivity (Wildman–Crippen MR) is 138 cm³/mol. The fraction of sp³-hybridized carbons (Fsp3) is 0.417. The Morgan fingerprint density at radius 3 is 2.50 bits per heavy atom. The number of benzene rings is 2. The summed E-state index contributed by atoms with van der Waals surface area (Å²) in [6.45, 7) is 0.591. The number of aromatic nitrogens is 2. The third-order valence-electron chi connectivity index (χ3n) is 5.76. The zero-order valence-corrected chi connectivity index (χ0v) is 20.0. The molecule has 0 spiro atoms. The third-order valence-corrected chi connectivity index (χ3v) is 6.58. The number of fused-ring (bicyclic) bond motifs is 1. The minimum atomic E-state index is 0. The number of hydrogen-bond donors (Lipinski definition) is 3. The summed E-state index contributed by atoms with van der Waals surface area (Å²) in [5, 5.41) is 19.0. The Morgan fingerprint density at radius 1 is 1.09 bits per heavy atom. The number of hydrogen-bond acceptors (Lipinski definition) is 6. The highest BCUT2D eigenvalue weighted by Crippen LogP contribution is 2.32. The Labute approximate surface area is 203 Å². The van der Waals surface area contributed by atoms with E-state index in [1.54, 1.807) is 12.1 Å². The van der Waals surface area contributed by atoms with Gasteiger partial charge in [-0.2, -0.15) is 4.98 Å². The number of nitrogens with one attached hydrogen (secondary N) is 2. The highest BCUT2D eigenvalue weighted by Gasteiger charge is 2.22. The topological polar surface area (TPSA) is 73.3 Å². The highest BCUT2D eigenvalue weighted by atomic mass is 79.9. The van der Waals surface area contributed by atoms with Gasteiger partial charge >= 0.3 is 0 Å². The summed E-state index contributed by atoms with van der Waals surface area (Å²) < 4.78 is 0.622. The van der Waals surface area contributed by atoms with E-state index in [2.05, 4.69) is 32.6 Å². The van der Waals surface area contributed by atoms with Gasteiger partial charge in [-0.15, -0.1) is 0 Å². The van der Waals surface area contributed by atoms with Crippen LogP contribution in [0, 0.1) is 0 Å². The smallest absolute Gasteiger partial charge is 0.225 e. The lowest BCUT2D eigenvalue weighted by atomic mass is 9.91. The summed E-state index contributed by atoms with van der Waals surface area (Å²) in [5.74, 6) is 1.86. The molecule has 1 saturated carbocycles. The fourth-order valence-electron chi connectivity index (χ4n) is 4.10. The molecule has 1 heterocycles. The van der Waals surface area contributed by atoms with E-state index in [1.165, 1.54) is 0 Å². The number of aromatic hydroxyl groups is 1. The first-order valence-corrected chi connectivity index (χ1v) is 11.7. The van der Waals surface area contributed by atoms with Crippen LogP contribution in [0.3, 0.4) is 0 Å². The summed E-state index contributed by atoms with van der Waals surface area (Å²) >= 11 is 9.46. The summed E-state index contributed by atoms with van der Waals surface area (Å²) in [4.78, 5) is 11.5. The molecule has 0 saturated heterocycles. The van der Waals surface area contributed by atoms with Gasteiger partial charge in [0.1, 0.15) is 11.6 Å². The van der Waals surface area contributed by atoms with Gasteiger partial charge in [0.2, 0.25) is 5.95 Å². The van der Waals surface area contributed by atoms with E-state index in [0.29, 0.717) is 34.1 Å². The highest BCUT2D eigenvalue weighted by molar-refractivity contribution is 9.10. The number of anilines is 2. The number of halogens is 2. The van der Waals surface area contributed by atoms with E-state index in [-0.39, 0.29) is 13.2 Å². The molecule has 3 N–H and O–H groups in total. The van der Waals surface area contributed by atoms with Crippen molar-refractivity contribution in [1.29, 1.82) is 0 Å². The summed E-state index contributed by atoms with van der Waals surface area (Å²) in [6, 6.07) is 12.4. The van der Waals surface area contributed by atoms with E-state index in [9.17, 15) is 5.11 Å². The van der Waals surface area contributed by atoms with Crippen molar-refractivity contribution >= 4 is 50.2 Å². The summed E-state index contributed by atoms with van der Waals surface area (Å²) in [7, 11) is 4.01. The van der Waals surface area contributed by atoms with Gasteiger partial charge in [-0.3, -0.25) is 0 Å². The van der Waals surface area contributed by atoms with Gasteiger partial charge < -0.3 is 20.6 Å². The summed E-state index contributed by atoms with van der Waals surface area (Å²) in [5.41, 5.74) is 1.76. The molecular weight excluding hydrogens is 490 g/mol. The van der Waals surface area contributed by atoms with Crippen molar-refractivity contribution in [3.63, 3.8) is 0 Å². The maximum Gasteiger partial charge on any atom is 0.225 e. The number of para-hydroxylation sites is 1. The molecule has 3 aromatic rings. The number of rotatable bonds is 6. The van der Waals surface area contributed by atoms with Crippen LogP contribution in [-0.2, 0) is 6.54 Å². The van der Waals surface area contributed by atoms with Crippen LogP contribution in [-0.4, -0.2) is 41.3 Å². The molecule has 0 unspecified atom stereocenters. The molecule has 32 heavy (non-hydrogen) atoms. The van der Waals surface area contributed by atoms with Gasteiger partial charge in [0.25, 0.3) is 0 Å². The maximum atomic E-state index is 10.2. The van der Waals surface area contributed by atoms with Gasteiger partial charge in [0.05, 0.1) is 9.99 Å². The number of nitrogens with zero attached hydrogens (tertiary/aromatic N) is 3. The Morgan fingerprint density at radius 2 is 1.78 bits per heavy atom. The Bertz CT molecular complexity index is 1070. The average molecular weight is 521 g/mol. The van der Waals surface area contributed by atoms with Crippen LogP contribution in [0.1, 0.15) is 38.7 Å². The first-order valence-electron chi connectivity index (χ1n) is 10.5. The predicted octanol–water partition coefficient (Wildman–Crippen LogP) is 5.97. The van der Waals surface area contributed by atoms with Gasteiger partial charge in [-0.05, 0) is 65.9 Å². The van der Waals surface area contributed by atoms with Gasteiger partial charge in [-0.1, -0.05) is 31.2 Å². The van der Waals surface area contributed by atoms with Crippen LogP contribution in [0.2, 0.25) is 5.02 Å². The van der Waals surface area contributed by atoms with Crippen LogP contribution < -0.4 is 15.5 Å². The molecule has 1 aliphatic rings. The van der Waals surface area contributed by atoms with Crippen LogP contribution >= 0.6 is 27.5 Å². The normalized spacial score (nSPS) is 18.2. The first-order chi connectivity index (χ1) is 14.9. The average Bonchev–Trinajstić information content (AvgIpc) is 2.75. The first kappa shape index (κ1) is 24.6. The lowest BCUT2D eigenvalue weighted by Gasteiger charge is -2.30. The molecule has 1 fully saturated rings. The second kappa shape index (κ2) is 10.7. The SMILES string of the molecule is C.CN(C)c1nc(NC2CCC(NCc3cc(Cl)cc(Br)c3O)CC2)nc2ccccc12. The van der Waals surface area contributed by atoms with E-state index in [4.69, 9.17) is 21.6 Å². The van der Waals surface area contributed by atoms with E-state index in [0.717, 1.165) is 48.0 Å². The second-order valence-electron chi connectivity index (χ2n) is 8.25. The molecule has 2 aromatic carbocycles. The quantitative estimate of drug-likeness (QED) is 0.372. The molecule has 4 rings (SSSR count). The Hall–Kier alpha value is -2.09. The molecule has 1 aromatic heterocycles. The van der Waals surface area contributed by atoms with Crippen molar-refractivity contribution in [1.82, 2.24) is 15.3 Å². The van der Waals surface area contributed by atoms with Crippen LogP contribution in [0.15, 0.2) is 40.9 Å². The summed E-state index contributed by atoms with van der Waals surface area (Å²) in [6.07, 6.45) is 4.18. The monoisotopic (exact) mass is 519 g/mol. The van der Waals surface area contributed by atoms with Crippen molar-refractivity contribution in [3.05, 3.63) is 51.5 Å². The van der Waals surface area contributed by atoms with Gasteiger partial charge in [0, 0.05) is 48.7 Å². The van der Waals surface area contributed by atoms with Crippen molar-refractivity contribution in [2.24, 2.45) is 0 Å².